The Morgan fingerprint density at radius 2 is 1.66 bits per heavy atom. The van der Waals surface area contributed by atoms with Crippen molar-refractivity contribution in [3.8, 4) is 11.5 Å². The molecule has 2 aromatic rings. The van der Waals surface area contributed by atoms with Crippen molar-refractivity contribution in [3.63, 3.8) is 0 Å². The molecule has 0 bridgehead atoms. The van der Waals surface area contributed by atoms with E-state index in [1.54, 1.807) is 4.90 Å². The number of aryl methyl sites for hydroxylation is 2. The standard InChI is InChI=1S/C23H29N3O5S/c1-17-5-4-6-18(2)23(17)26(32(3,28)29)15-22(27)25-11-9-24(10-12-25)14-19-7-8-20-21(13-19)31-16-30-20/h4-8,13H,9-12,14-16H2,1-3H3. The van der Waals surface area contributed by atoms with Crippen LogP contribution in [0.5, 0.6) is 11.5 Å². The number of fused-ring (bicyclic) bond motifs is 1. The van der Waals surface area contributed by atoms with E-state index < -0.39 is 10.0 Å². The molecule has 0 aliphatic carbocycles. The van der Waals surface area contributed by atoms with Crippen LogP contribution in [0.4, 0.5) is 5.69 Å². The molecule has 0 N–H and O–H groups in total. The number of carbonyl (C=O) groups excluding carboxylic acids is 1. The number of piperazine rings is 1. The SMILES string of the molecule is Cc1cccc(C)c1N(CC(=O)N1CCN(Cc2ccc3c(c2)OCO3)CC1)S(C)(=O)=O. The quantitative estimate of drug-likeness (QED) is 0.659. The molecule has 9 heteroatoms. The predicted molar refractivity (Wildman–Crippen MR) is 123 cm³/mol. The van der Waals surface area contributed by atoms with Crippen LogP contribution in [-0.2, 0) is 21.4 Å². The van der Waals surface area contributed by atoms with Gasteiger partial charge in [-0.3, -0.25) is 14.0 Å². The number of anilines is 1. The molecule has 2 aromatic carbocycles. The Hall–Kier alpha value is -2.78. The normalized spacial score (nSPS) is 16.3. The molecule has 1 amide bonds. The van der Waals surface area contributed by atoms with Gasteiger partial charge in [0.25, 0.3) is 0 Å². The molecule has 8 nitrogen and oxygen atoms in total. The first-order valence-electron chi connectivity index (χ1n) is 10.6. The number of hydrogen-bond acceptors (Lipinski definition) is 6. The highest BCUT2D eigenvalue weighted by molar-refractivity contribution is 7.92. The molecule has 32 heavy (non-hydrogen) atoms. The van der Waals surface area contributed by atoms with Crippen molar-refractivity contribution in [1.29, 1.82) is 0 Å². The van der Waals surface area contributed by atoms with Crippen LogP contribution in [0.3, 0.4) is 0 Å². The van der Waals surface area contributed by atoms with Crippen LogP contribution in [0.1, 0.15) is 16.7 Å². The van der Waals surface area contributed by atoms with Crippen molar-refractivity contribution in [2.45, 2.75) is 20.4 Å². The number of sulfonamides is 1. The second-order valence-corrected chi connectivity index (χ2v) is 10.3. The lowest BCUT2D eigenvalue weighted by atomic mass is 10.1. The summed E-state index contributed by atoms with van der Waals surface area (Å²) in [5.74, 6) is 1.35. The summed E-state index contributed by atoms with van der Waals surface area (Å²) >= 11 is 0. The third-order valence-corrected chi connectivity index (χ3v) is 7.05. The van der Waals surface area contributed by atoms with Crippen LogP contribution in [0.25, 0.3) is 0 Å². The Labute approximate surface area is 189 Å². The molecule has 2 aliphatic rings. The number of nitrogens with zero attached hydrogens (tertiary/aromatic N) is 3. The lowest BCUT2D eigenvalue weighted by Crippen LogP contribution is -2.51. The van der Waals surface area contributed by atoms with Gasteiger partial charge in [0, 0.05) is 32.7 Å². The monoisotopic (exact) mass is 459 g/mol. The van der Waals surface area contributed by atoms with E-state index in [9.17, 15) is 13.2 Å². The van der Waals surface area contributed by atoms with Gasteiger partial charge in [0.15, 0.2) is 11.5 Å². The molecule has 2 heterocycles. The number of para-hydroxylation sites is 1. The fourth-order valence-corrected chi connectivity index (χ4v) is 5.20. The second kappa shape index (κ2) is 8.99. The van der Waals surface area contributed by atoms with Gasteiger partial charge in [-0.1, -0.05) is 24.3 Å². The number of hydrogen-bond donors (Lipinski definition) is 0. The third-order valence-electron chi connectivity index (χ3n) is 5.94. The summed E-state index contributed by atoms with van der Waals surface area (Å²) in [4.78, 5) is 17.0. The molecule has 0 spiro atoms. The molecule has 1 saturated heterocycles. The summed E-state index contributed by atoms with van der Waals surface area (Å²) in [5.41, 5.74) is 3.38. The first-order chi connectivity index (χ1) is 15.2. The van der Waals surface area contributed by atoms with Crippen molar-refractivity contribution in [2.24, 2.45) is 0 Å². The maximum absolute atomic E-state index is 13.0. The van der Waals surface area contributed by atoms with Crippen LogP contribution in [-0.4, -0.2) is 69.9 Å². The zero-order valence-electron chi connectivity index (χ0n) is 18.7. The molecule has 0 radical (unpaired) electrons. The smallest absolute Gasteiger partial charge is 0.243 e. The van der Waals surface area contributed by atoms with E-state index >= 15 is 0 Å². The van der Waals surface area contributed by atoms with E-state index in [0.29, 0.717) is 18.8 Å². The van der Waals surface area contributed by atoms with E-state index in [4.69, 9.17) is 9.47 Å². The topological polar surface area (TPSA) is 79.4 Å². The molecule has 0 aromatic heterocycles. The van der Waals surface area contributed by atoms with Crippen LogP contribution >= 0.6 is 0 Å². The molecule has 172 valence electrons. The molecular formula is C23H29N3O5S. The number of amides is 1. The van der Waals surface area contributed by atoms with Crippen LogP contribution in [0.15, 0.2) is 36.4 Å². The molecule has 0 unspecified atom stereocenters. The third kappa shape index (κ3) is 4.83. The number of rotatable bonds is 6. The maximum Gasteiger partial charge on any atom is 0.243 e. The molecule has 0 atom stereocenters. The summed E-state index contributed by atoms with van der Waals surface area (Å²) in [6.45, 7) is 7.13. The average molecular weight is 460 g/mol. The van der Waals surface area contributed by atoms with E-state index in [1.165, 1.54) is 4.31 Å². The van der Waals surface area contributed by atoms with Gasteiger partial charge in [-0.05, 0) is 42.7 Å². The molecule has 2 aliphatic heterocycles. The molecule has 4 rings (SSSR count). The van der Waals surface area contributed by atoms with Crippen molar-refractivity contribution >= 4 is 21.6 Å². The summed E-state index contributed by atoms with van der Waals surface area (Å²) in [7, 11) is -3.60. The summed E-state index contributed by atoms with van der Waals surface area (Å²) < 4.78 is 37.1. The lowest BCUT2D eigenvalue weighted by molar-refractivity contribution is -0.131. The van der Waals surface area contributed by atoms with Crippen molar-refractivity contribution in [3.05, 3.63) is 53.1 Å². The van der Waals surface area contributed by atoms with Gasteiger partial charge in [0.1, 0.15) is 6.54 Å². The van der Waals surface area contributed by atoms with Crippen LogP contribution < -0.4 is 13.8 Å². The zero-order valence-corrected chi connectivity index (χ0v) is 19.5. The first-order valence-corrected chi connectivity index (χ1v) is 12.5. The Morgan fingerprint density at radius 3 is 2.31 bits per heavy atom. The highest BCUT2D eigenvalue weighted by Gasteiger charge is 2.28. The second-order valence-electron chi connectivity index (χ2n) is 8.35. The number of carbonyl (C=O) groups is 1. The largest absolute Gasteiger partial charge is 0.454 e. The molecule has 0 saturated carbocycles. The Balaban J connectivity index is 1.38. The average Bonchev–Trinajstić information content (AvgIpc) is 3.20. The van der Waals surface area contributed by atoms with Crippen LogP contribution in [0.2, 0.25) is 0 Å². The van der Waals surface area contributed by atoms with Gasteiger partial charge >= 0.3 is 0 Å². The van der Waals surface area contributed by atoms with E-state index in [-0.39, 0.29) is 19.2 Å². The molecular weight excluding hydrogens is 430 g/mol. The fourth-order valence-electron chi connectivity index (χ4n) is 4.24. The highest BCUT2D eigenvalue weighted by Crippen LogP contribution is 2.33. The van der Waals surface area contributed by atoms with E-state index in [1.807, 2.05) is 50.2 Å². The minimum absolute atomic E-state index is 0.180. The summed E-state index contributed by atoms with van der Waals surface area (Å²) in [6, 6.07) is 11.5. The fraction of sp³-hybridized carbons (Fsp3) is 0.435. The van der Waals surface area contributed by atoms with Gasteiger partial charge in [-0.2, -0.15) is 0 Å². The van der Waals surface area contributed by atoms with Gasteiger partial charge in [0.2, 0.25) is 22.7 Å². The van der Waals surface area contributed by atoms with Crippen molar-refractivity contribution < 1.29 is 22.7 Å². The molecule has 1 fully saturated rings. The Morgan fingerprint density at radius 1 is 1.00 bits per heavy atom. The van der Waals surface area contributed by atoms with Gasteiger partial charge in [0.05, 0.1) is 11.9 Å². The minimum atomic E-state index is -3.60. The number of benzene rings is 2. The van der Waals surface area contributed by atoms with Gasteiger partial charge < -0.3 is 14.4 Å². The van der Waals surface area contributed by atoms with Crippen molar-refractivity contribution in [1.82, 2.24) is 9.80 Å². The highest BCUT2D eigenvalue weighted by atomic mass is 32.2. The maximum atomic E-state index is 13.0. The Kier molecular flexibility index (Phi) is 6.30. The van der Waals surface area contributed by atoms with Crippen LogP contribution in [0, 0.1) is 13.8 Å². The summed E-state index contributed by atoms with van der Waals surface area (Å²) in [5, 5.41) is 0. The van der Waals surface area contributed by atoms with Gasteiger partial charge in [-0.15, -0.1) is 0 Å². The Bertz CT molecular complexity index is 1090. The predicted octanol–water partition coefficient (Wildman–Crippen LogP) is 2.14. The summed E-state index contributed by atoms with van der Waals surface area (Å²) in [6.07, 6.45) is 1.15. The number of ether oxygens (including phenoxy) is 2. The van der Waals surface area contributed by atoms with E-state index in [0.717, 1.165) is 54.1 Å². The van der Waals surface area contributed by atoms with Crippen molar-refractivity contribution in [2.75, 3.05) is 50.1 Å². The first kappa shape index (κ1) is 22.4. The lowest BCUT2D eigenvalue weighted by Gasteiger charge is -2.36. The minimum Gasteiger partial charge on any atom is -0.454 e. The zero-order chi connectivity index (χ0) is 22.9. The van der Waals surface area contributed by atoms with Gasteiger partial charge in [-0.25, -0.2) is 8.42 Å². The van der Waals surface area contributed by atoms with E-state index in [2.05, 4.69) is 4.90 Å².